The van der Waals surface area contributed by atoms with Crippen molar-refractivity contribution in [2.45, 2.75) is 20.0 Å². The minimum Gasteiger partial charge on any atom is -0.381 e. The number of thiol groups is 1. The fraction of sp³-hybridized carbons (Fsp3) is 0.300. The molecule has 1 N–H and O–H groups in total. The van der Waals surface area contributed by atoms with E-state index in [1.807, 2.05) is 60.9 Å². The van der Waals surface area contributed by atoms with E-state index < -0.39 is 0 Å². The van der Waals surface area contributed by atoms with Crippen molar-refractivity contribution in [1.29, 1.82) is 0 Å². The Balaban J connectivity index is 1.72. The Morgan fingerprint density at radius 3 is 2.80 bits per heavy atom. The molecule has 0 fully saturated rings. The molecule has 1 aromatic carbocycles. The second-order valence-corrected chi connectivity index (χ2v) is 7.68. The second kappa shape index (κ2) is 7.86. The lowest BCUT2D eigenvalue weighted by Crippen LogP contribution is -2.23. The highest BCUT2D eigenvalue weighted by atomic mass is 32.1. The third kappa shape index (κ3) is 3.54. The molecule has 0 radical (unpaired) electrons. The van der Waals surface area contributed by atoms with Gasteiger partial charge in [0.2, 0.25) is 0 Å². The Bertz CT molecular complexity index is 1310. The molecule has 0 aliphatic carbocycles. The number of rotatable bonds is 6. The van der Waals surface area contributed by atoms with E-state index in [2.05, 4.69) is 33.0 Å². The molecule has 0 amide bonds. The molecule has 9 nitrogen and oxygen atoms in total. The zero-order chi connectivity index (χ0) is 21.4. The Hall–Kier alpha value is -3.27. The van der Waals surface area contributed by atoms with Gasteiger partial charge in [0.1, 0.15) is 5.69 Å². The van der Waals surface area contributed by atoms with Crippen molar-refractivity contribution in [2.24, 2.45) is 19.1 Å². The molecule has 0 saturated heterocycles. The second-order valence-electron chi connectivity index (χ2n) is 7.17. The maximum atomic E-state index is 13.1. The first-order valence-corrected chi connectivity index (χ1v) is 9.95. The van der Waals surface area contributed by atoms with Crippen LogP contribution in [-0.2, 0) is 27.2 Å². The Morgan fingerprint density at radius 2 is 2.10 bits per heavy atom. The van der Waals surface area contributed by atoms with Crippen molar-refractivity contribution in [2.75, 3.05) is 12.4 Å². The number of benzene rings is 1. The highest BCUT2D eigenvalue weighted by molar-refractivity contribution is 7.97. The zero-order valence-corrected chi connectivity index (χ0v) is 18.3. The Kier molecular flexibility index (Phi) is 5.25. The fourth-order valence-corrected chi connectivity index (χ4v) is 3.84. The van der Waals surface area contributed by atoms with Gasteiger partial charge in [0, 0.05) is 32.7 Å². The van der Waals surface area contributed by atoms with Gasteiger partial charge in [0.15, 0.2) is 5.82 Å². The maximum absolute atomic E-state index is 13.1. The van der Waals surface area contributed by atoms with E-state index in [0.717, 1.165) is 22.2 Å². The van der Waals surface area contributed by atoms with Gasteiger partial charge < -0.3 is 9.88 Å². The number of aliphatic imine (C=N–C) groups is 1. The van der Waals surface area contributed by atoms with Crippen molar-refractivity contribution < 1.29 is 0 Å². The van der Waals surface area contributed by atoms with E-state index in [4.69, 9.17) is 0 Å². The van der Waals surface area contributed by atoms with E-state index in [0.29, 0.717) is 29.6 Å². The number of hydrogen-bond acceptors (Lipinski definition) is 5. The monoisotopic (exact) mass is 424 g/mol. The highest BCUT2D eigenvalue weighted by Crippen LogP contribution is 2.24. The normalized spacial score (nSPS) is 12.1. The predicted molar refractivity (Wildman–Crippen MR) is 122 cm³/mol. The molecule has 4 aromatic rings. The lowest BCUT2D eigenvalue weighted by Gasteiger charge is -2.10. The summed E-state index contributed by atoms with van der Waals surface area (Å²) in [4.78, 5) is 21.9. The van der Waals surface area contributed by atoms with Gasteiger partial charge in [-0.2, -0.15) is 5.10 Å². The molecule has 0 unspecified atom stereocenters. The molecule has 0 saturated carbocycles. The number of nitrogens with zero attached hydrogens (tertiary/aromatic N) is 7. The van der Waals surface area contributed by atoms with Crippen molar-refractivity contribution in [3.05, 3.63) is 58.5 Å². The third-order valence-corrected chi connectivity index (χ3v) is 5.36. The van der Waals surface area contributed by atoms with Gasteiger partial charge in [-0.15, -0.1) is 12.6 Å². The SMILES string of the molecule is CNc1c(/N=C(\S)Cn2cnc(C)c2)n(C)n(Cc2cccc3c2cnn3C)c1=O. The van der Waals surface area contributed by atoms with Crippen molar-refractivity contribution in [3.8, 4) is 0 Å². The first-order chi connectivity index (χ1) is 14.4. The number of nitrogens with one attached hydrogen (secondary N) is 1. The molecule has 30 heavy (non-hydrogen) atoms. The average Bonchev–Trinajstić information content (AvgIpc) is 3.36. The minimum absolute atomic E-state index is 0.140. The quantitative estimate of drug-likeness (QED) is 0.283. The van der Waals surface area contributed by atoms with Crippen LogP contribution in [0.15, 0.2) is 46.7 Å². The van der Waals surface area contributed by atoms with E-state index in [1.54, 1.807) is 22.7 Å². The zero-order valence-electron chi connectivity index (χ0n) is 17.4. The fourth-order valence-electron chi connectivity index (χ4n) is 3.58. The van der Waals surface area contributed by atoms with Gasteiger partial charge in [0.05, 0.1) is 41.9 Å². The van der Waals surface area contributed by atoms with Gasteiger partial charge in [-0.05, 0) is 18.6 Å². The molecular weight excluding hydrogens is 400 g/mol. The molecule has 0 spiro atoms. The van der Waals surface area contributed by atoms with E-state index in [9.17, 15) is 4.79 Å². The summed E-state index contributed by atoms with van der Waals surface area (Å²) in [5, 5.41) is 8.93. The van der Waals surface area contributed by atoms with Crippen LogP contribution in [0.25, 0.3) is 10.9 Å². The number of imidazole rings is 1. The average molecular weight is 425 g/mol. The summed E-state index contributed by atoms with van der Waals surface area (Å²) in [6.45, 7) is 2.81. The number of fused-ring (bicyclic) bond motifs is 1. The molecule has 0 aliphatic rings. The van der Waals surface area contributed by atoms with Gasteiger partial charge in [0.25, 0.3) is 5.56 Å². The molecule has 156 valence electrons. The molecule has 3 heterocycles. The lowest BCUT2D eigenvalue weighted by molar-refractivity contribution is 0.540. The van der Waals surface area contributed by atoms with Crippen LogP contribution < -0.4 is 10.9 Å². The number of anilines is 1. The predicted octanol–water partition coefficient (Wildman–Crippen LogP) is 2.33. The molecule has 0 aliphatic heterocycles. The number of aromatic nitrogens is 6. The Labute approximate surface area is 179 Å². The summed E-state index contributed by atoms with van der Waals surface area (Å²) in [5.41, 5.74) is 3.26. The van der Waals surface area contributed by atoms with Crippen LogP contribution in [0, 0.1) is 6.92 Å². The van der Waals surface area contributed by atoms with Gasteiger partial charge >= 0.3 is 0 Å². The summed E-state index contributed by atoms with van der Waals surface area (Å²) in [6.07, 6.45) is 5.48. The standard InChI is InChI=1S/C20H24N8OS/c1-13-9-27(12-22-13)11-17(30)24-19-18(21-2)20(29)28(26(19)4)10-14-6-5-7-16-15(14)8-23-25(16)3/h5-9,12,21H,10-11H2,1-4H3,(H,24,30). The molecular formula is C20H24N8OS. The third-order valence-electron chi connectivity index (χ3n) is 5.11. The van der Waals surface area contributed by atoms with Crippen molar-refractivity contribution in [3.63, 3.8) is 0 Å². The van der Waals surface area contributed by atoms with Crippen LogP contribution in [0.5, 0.6) is 0 Å². The first-order valence-electron chi connectivity index (χ1n) is 9.51. The van der Waals surface area contributed by atoms with E-state index in [1.165, 1.54) is 0 Å². The minimum atomic E-state index is -0.140. The largest absolute Gasteiger partial charge is 0.381 e. The van der Waals surface area contributed by atoms with Crippen LogP contribution in [0.3, 0.4) is 0 Å². The van der Waals surface area contributed by atoms with Crippen LogP contribution in [0.1, 0.15) is 11.3 Å². The maximum Gasteiger partial charge on any atom is 0.292 e. The van der Waals surface area contributed by atoms with Crippen LogP contribution in [0.4, 0.5) is 11.5 Å². The first kappa shape index (κ1) is 20.0. The summed E-state index contributed by atoms with van der Waals surface area (Å²) < 4.78 is 7.15. The molecule has 0 bridgehead atoms. The van der Waals surface area contributed by atoms with E-state index in [-0.39, 0.29) is 5.56 Å². The van der Waals surface area contributed by atoms with Crippen LogP contribution >= 0.6 is 12.6 Å². The van der Waals surface area contributed by atoms with Crippen LogP contribution in [0.2, 0.25) is 0 Å². The summed E-state index contributed by atoms with van der Waals surface area (Å²) in [5.74, 6) is 0.530. The number of aryl methyl sites for hydroxylation is 2. The summed E-state index contributed by atoms with van der Waals surface area (Å²) >= 11 is 4.53. The van der Waals surface area contributed by atoms with Crippen LogP contribution in [-0.4, -0.2) is 40.8 Å². The van der Waals surface area contributed by atoms with Crippen molar-refractivity contribution in [1.82, 2.24) is 28.7 Å². The molecule has 10 heteroatoms. The van der Waals surface area contributed by atoms with Crippen molar-refractivity contribution >= 4 is 40.1 Å². The van der Waals surface area contributed by atoms with Gasteiger partial charge in [-0.3, -0.25) is 14.2 Å². The van der Waals surface area contributed by atoms with Gasteiger partial charge in [-0.25, -0.2) is 14.7 Å². The molecule has 4 rings (SSSR count). The number of hydrogen-bond donors (Lipinski definition) is 2. The Morgan fingerprint density at radius 1 is 1.30 bits per heavy atom. The summed E-state index contributed by atoms with van der Waals surface area (Å²) in [7, 11) is 5.45. The van der Waals surface area contributed by atoms with Gasteiger partial charge in [-0.1, -0.05) is 12.1 Å². The summed E-state index contributed by atoms with van der Waals surface area (Å²) in [6, 6.07) is 6.00. The highest BCUT2D eigenvalue weighted by Gasteiger charge is 2.18. The lowest BCUT2D eigenvalue weighted by atomic mass is 10.1. The smallest absolute Gasteiger partial charge is 0.292 e. The topological polar surface area (TPSA) is 87.0 Å². The van der Waals surface area contributed by atoms with E-state index >= 15 is 0 Å². The molecule has 3 aromatic heterocycles. The molecule has 0 atom stereocenters.